The Morgan fingerprint density at radius 3 is 3.05 bits per heavy atom. The van der Waals surface area contributed by atoms with E-state index in [1.807, 2.05) is 18.2 Å². The number of carboxylic acids is 1. The lowest BCUT2D eigenvalue weighted by molar-refractivity contribution is -0.137. The zero-order valence-corrected chi connectivity index (χ0v) is 10.1. The molecule has 3 N–H and O–H groups in total. The molecule has 0 spiro atoms. The van der Waals surface area contributed by atoms with Crippen LogP contribution >= 0.6 is 0 Å². The highest BCUT2D eigenvalue weighted by atomic mass is 16.4. The highest BCUT2D eigenvalue weighted by Crippen LogP contribution is 2.21. The molecule has 0 amide bonds. The van der Waals surface area contributed by atoms with Crippen molar-refractivity contribution < 1.29 is 9.90 Å². The molecule has 0 aliphatic rings. The second kappa shape index (κ2) is 4.56. The minimum atomic E-state index is -0.822. The van der Waals surface area contributed by atoms with Crippen LogP contribution in [0.2, 0.25) is 0 Å². The summed E-state index contributed by atoms with van der Waals surface area (Å²) in [6, 6.07) is 5.87. The van der Waals surface area contributed by atoms with Crippen molar-refractivity contribution in [2.75, 3.05) is 0 Å². The van der Waals surface area contributed by atoms with E-state index in [9.17, 15) is 4.79 Å². The normalized spacial score (nSPS) is 10.9. The molecule has 3 rings (SSSR count). The van der Waals surface area contributed by atoms with E-state index < -0.39 is 5.97 Å². The van der Waals surface area contributed by atoms with E-state index in [0.29, 0.717) is 12.2 Å². The van der Waals surface area contributed by atoms with Gasteiger partial charge in [-0.1, -0.05) is 6.07 Å². The Morgan fingerprint density at radius 2 is 2.21 bits per heavy atom. The molecule has 0 saturated carbocycles. The second-order valence-corrected chi connectivity index (χ2v) is 4.27. The minimum Gasteiger partial charge on any atom is -0.481 e. The number of nitrogens with zero attached hydrogens (tertiary/aromatic N) is 2. The number of aryl methyl sites for hydroxylation is 1. The van der Waals surface area contributed by atoms with Crippen molar-refractivity contribution in [3.8, 4) is 11.3 Å². The number of nitrogens with one attached hydrogen (secondary N) is 2. The Labute approximate surface area is 108 Å². The maximum Gasteiger partial charge on any atom is 0.303 e. The maximum absolute atomic E-state index is 10.5. The van der Waals surface area contributed by atoms with Gasteiger partial charge in [-0.2, -0.15) is 0 Å². The van der Waals surface area contributed by atoms with Gasteiger partial charge in [-0.3, -0.25) is 4.79 Å². The SMILES string of the molecule is O=C(O)CCc1ncc(-c2ccc3nc[nH]c3c2)[nH]1. The second-order valence-electron chi connectivity index (χ2n) is 4.27. The Hall–Kier alpha value is -2.63. The van der Waals surface area contributed by atoms with Gasteiger partial charge in [-0.15, -0.1) is 0 Å². The third-order valence-electron chi connectivity index (χ3n) is 2.94. The number of carboxylic acid groups (broad SMARTS) is 1. The van der Waals surface area contributed by atoms with Crippen LogP contribution in [0.4, 0.5) is 0 Å². The highest BCUT2D eigenvalue weighted by molar-refractivity contribution is 5.80. The van der Waals surface area contributed by atoms with E-state index in [1.165, 1.54) is 0 Å². The maximum atomic E-state index is 10.5. The summed E-state index contributed by atoms with van der Waals surface area (Å²) in [4.78, 5) is 25.0. The average molecular weight is 256 g/mol. The van der Waals surface area contributed by atoms with Crippen LogP contribution in [0, 0.1) is 0 Å². The summed E-state index contributed by atoms with van der Waals surface area (Å²) in [6.45, 7) is 0. The van der Waals surface area contributed by atoms with Gasteiger partial charge < -0.3 is 15.1 Å². The summed E-state index contributed by atoms with van der Waals surface area (Å²) in [7, 11) is 0. The van der Waals surface area contributed by atoms with Gasteiger partial charge in [-0.25, -0.2) is 9.97 Å². The molecule has 2 aromatic heterocycles. The lowest BCUT2D eigenvalue weighted by Crippen LogP contribution is -1.98. The summed E-state index contributed by atoms with van der Waals surface area (Å²) < 4.78 is 0. The van der Waals surface area contributed by atoms with Gasteiger partial charge in [0, 0.05) is 12.0 Å². The van der Waals surface area contributed by atoms with Gasteiger partial charge in [0.2, 0.25) is 0 Å². The van der Waals surface area contributed by atoms with E-state index >= 15 is 0 Å². The number of hydrogen-bond acceptors (Lipinski definition) is 3. The highest BCUT2D eigenvalue weighted by Gasteiger charge is 2.06. The number of imidazole rings is 2. The molecule has 0 fully saturated rings. The Kier molecular flexibility index (Phi) is 2.75. The number of benzene rings is 1. The van der Waals surface area contributed by atoms with Gasteiger partial charge in [-0.05, 0) is 12.1 Å². The molecule has 6 heteroatoms. The fourth-order valence-electron chi connectivity index (χ4n) is 1.96. The van der Waals surface area contributed by atoms with Crippen LogP contribution in [-0.4, -0.2) is 31.0 Å². The Balaban J connectivity index is 1.86. The molecule has 0 radical (unpaired) electrons. The van der Waals surface area contributed by atoms with Crippen LogP contribution in [0.1, 0.15) is 12.2 Å². The topological polar surface area (TPSA) is 94.7 Å². The molecular weight excluding hydrogens is 244 g/mol. The van der Waals surface area contributed by atoms with E-state index in [1.54, 1.807) is 12.5 Å². The molecule has 0 saturated heterocycles. The lowest BCUT2D eigenvalue weighted by Gasteiger charge is -1.97. The predicted molar refractivity (Wildman–Crippen MR) is 69.6 cm³/mol. The van der Waals surface area contributed by atoms with Crippen LogP contribution in [0.5, 0.6) is 0 Å². The number of rotatable bonds is 4. The molecule has 96 valence electrons. The van der Waals surface area contributed by atoms with Crippen LogP contribution in [0.25, 0.3) is 22.3 Å². The monoisotopic (exact) mass is 256 g/mol. The molecule has 0 aliphatic carbocycles. The Morgan fingerprint density at radius 1 is 1.32 bits per heavy atom. The van der Waals surface area contributed by atoms with Gasteiger partial charge in [0.05, 0.1) is 35.7 Å². The average Bonchev–Trinajstić information content (AvgIpc) is 3.04. The van der Waals surface area contributed by atoms with Crippen LogP contribution in [-0.2, 0) is 11.2 Å². The van der Waals surface area contributed by atoms with Gasteiger partial charge in [0.25, 0.3) is 0 Å². The molecule has 0 bridgehead atoms. The van der Waals surface area contributed by atoms with Crippen molar-refractivity contribution in [3.05, 3.63) is 36.5 Å². The molecule has 0 aliphatic heterocycles. The number of aromatic amines is 2. The number of fused-ring (bicyclic) bond motifs is 1. The van der Waals surface area contributed by atoms with Crippen molar-refractivity contribution in [1.29, 1.82) is 0 Å². The predicted octanol–water partition coefficient (Wildman–Crippen LogP) is 1.97. The van der Waals surface area contributed by atoms with Crippen molar-refractivity contribution in [2.45, 2.75) is 12.8 Å². The standard InChI is InChI=1S/C13H12N4O2/c18-13(19)4-3-12-14-6-11(17-12)8-1-2-9-10(5-8)16-7-15-9/h1-2,5-7H,3-4H2,(H,14,17)(H,15,16)(H,18,19). The number of aromatic nitrogens is 4. The van der Waals surface area contributed by atoms with E-state index in [2.05, 4.69) is 19.9 Å². The molecule has 0 atom stereocenters. The van der Waals surface area contributed by atoms with Crippen LogP contribution in [0.3, 0.4) is 0 Å². The smallest absolute Gasteiger partial charge is 0.303 e. The minimum absolute atomic E-state index is 0.0759. The molecule has 0 unspecified atom stereocenters. The third-order valence-corrected chi connectivity index (χ3v) is 2.94. The number of aliphatic carboxylic acids is 1. The number of hydrogen-bond donors (Lipinski definition) is 3. The van der Waals surface area contributed by atoms with Crippen molar-refractivity contribution in [1.82, 2.24) is 19.9 Å². The fourth-order valence-corrected chi connectivity index (χ4v) is 1.96. The Bertz CT molecular complexity index is 729. The first-order valence-electron chi connectivity index (χ1n) is 5.91. The van der Waals surface area contributed by atoms with E-state index in [4.69, 9.17) is 5.11 Å². The van der Waals surface area contributed by atoms with Gasteiger partial charge in [0.1, 0.15) is 5.82 Å². The summed E-state index contributed by atoms with van der Waals surface area (Å²) in [5, 5.41) is 8.64. The first-order valence-corrected chi connectivity index (χ1v) is 5.91. The summed E-state index contributed by atoms with van der Waals surface area (Å²) in [5.41, 5.74) is 3.73. The summed E-state index contributed by atoms with van der Waals surface area (Å²) >= 11 is 0. The van der Waals surface area contributed by atoms with E-state index in [-0.39, 0.29) is 6.42 Å². The molecule has 3 aromatic rings. The first kappa shape index (κ1) is 11.5. The molecule has 6 nitrogen and oxygen atoms in total. The van der Waals surface area contributed by atoms with Crippen LogP contribution < -0.4 is 0 Å². The third kappa shape index (κ3) is 2.33. The van der Waals surface area contributed by atoms with Gasteiger partial charge in [0.15, 0.2) is 0 Å². The molecule has 2 heterocycles. The van der Waals surface area contributed by atoms with Crippen molar-refractivity contribution in [2.24, 2.45) is 0 Å². The van der Waals surface area contributed by atoms with E-state index in [0.717, 1.165) is 22.3 Å². The molecule has 19 heavy (non-hydrogen) atoms. The number of carbonyl (C=O) groups is 1. The zero-order valence-electron chi connectivity index (χ0n) is 10.1. The fraction of sp³-hybridized carbons (Fsp3) is 0.154. The van der Waals surface area contributed by atoms with Gasteiger partial charge >= 0.3 is 5.97 Å². The molecule has 1 aromatic carbocycles. The molecular formula is C13H12N4O2. The summed E-state index contributed by atoms with van der Waals surface area (Å²) in [6.07, 6.45) is 3.85. The lowest BCUT2D eigenvalue weighted by atomic mass is 10.1. The van der Waals surface area contributed by atoms with Crippen molar-refractivity contribution >= 4 is 17.0 Å². The summed E-state index contributed by atoms with van der Waals surface area (Å²) in [5.74, 6) is -0.140. The van der Waals surface area contributed by atoms with Crippen LogP contribution in [0.15, 0.2) is 30.7 Å². The van der Waals surface area contributed by atoms with Crippen molar-refractivity contribution in [3.63, 3.8) is 0 Å². The largest absolute Gasteiger partial charge is 0.481 e. The first-order chi connectivity index (χ1) is 9.22. The number of H-pyrrole nitrogens is 2. The quantitative estimate of drug-likeness (QED) is 0.665. The zero-order chi connectivity index (χ0) is 13.2.